The van der Waals surface area contributed by atoms with Gasteiger partial charge in [-0.2, -0.15) is 0 Å². The number of anilines is 1. The molecule has 4 aromatic rings. The van der Waals surface area contributed by atoms with Crippen molar-refractivity contribution < 1.29 is 14.3 Å². The summed E-state index contributed by atoms with van der Waals surface area (Å²) in [6.45, 7) is 3.40. The Bertz CT molecular complexity index is 1230. The molecule has 0 bridgehead atoms. The summed E-state index contributed by atoms with van der Waals surface area (Å²) in [5, 5.41) is 5.78. The molecule has 0 aliphatic rings. The van der Waals surface area contributed by atoms with Crippen LogP contribution in [0.25, 0.3) is 0 Å². The van der Waals surface area contributed by atoms with E-state index in [1.54, 1.807) is 0 Å². The summed E-state index contributed by atoms with van der Waals surface area (Å²) in [5.41, 5.74) is 5.10. The Morgan fingerprint density at radius 1 is 0.686 bits per heavy atom. The van der Waals surface area contributed by atoms with Crippen molar-refractivity contribution in [2.75, 3.05) is 11.9 Å². The summed E-state index contributed by atoms with van der Waals surface area (Å²) >= 11 is 0. The van der Waals surface area contributed by atoms with Crippen LogP contribution in [0.1, 0.15) is 22.3 Å². The molecule has 5 nitrogen and oxygen atoms in total. The van der Waals surface area contributed by atoms with E-state index in [1.165, 1.54) is 0 Å². The van der Waals surface area contributed by atoms with Crippen LogP contribution >= 0.6 is 0 Å². The third-order valence-electron chi connectivity index (χ3n) is 5.46. The van der Waals surface area contributed by atoms with Crippen molar-refractivity contribution in [3.63, 3.8) is 0 Å². The first kappa shape index (κ1) is 23.9. The number of nitrogens with one attached hydrogen (secondary N) is 2. The number of ether oxygens (including phenoxy) is 2. The molecule has 0 aliphatic carbocycles. The fraction of sp³-hybridized carbons (Fsp3) is 0.167. The van der Waals surface area contributed by atoms with E-state index < -0.39 is 0 Å². The summed E-state index contributed by atoms with van der Waals surface area (Å²) in [6.07, 6.45) is 0.669. The molecule has 0 aromatic heterocycles. The van der Waals surface area contributed by atoms with E-state index in [0.29, 0.717) is 37.7 Å². The van der Waals surface area contributed by atoms with Crippen LogP contribution in [0.2, 0.25) is 0 Å². The maximum absolute atomic E-state index is 12.2. The summed E-state index contributed by atoms with van der Waals surface area (Å²) in [7, 11) is 0. The van der Waals surface area contributed by atoms with Crippen LogP contribution in [0, 0.1) is 6.92 Å². The number of benzene rings is 4. The topological polar surface area (TPSA) is 59.6 Å². The molecule has 0 saturated heterocycles. The van der Waals surface area contributed by atoms with Crippen molar-refractivity contribution in [1.29, 1.82) is 0 Å². The molecule has 0 spiro atoms. The standard InChI is InChI=1S/C30H30N2O3/c1-23-9-8-14-27(19-23)32-30(33)31-18-17-24-15-16-28(34-21-25-10-4-2-5-11-25)29(20-24)35-22-26-12-6-3-7-13-26/h2-16,19-20H,17-18,21-22H2,1H3,(H2,31,32,33). The average Bonchev–Trinajstić information content (AvgIpc) is 2.88. The Balaban J connectivity index is 1.37. The molecule has 35 heavy (non-hydrogen) atoms. The van der Waals surface area contributed by atoms with Crippen molar-refractivity contribution in [2.45, 2.75) is 26.6 Å². The number of rotatable bonds is 10. The molecule has 0 aliphatic heterocycles. The van der Waals surface area contributed by atoms with E-state index in [-0.39, 0.29) is 6.03 Å². The molecule has 5 heteroatoms. The predicted octanol–water partition coefficient (Wildman–Crippen LogP) is 6.52. The maximum atomic E-state index is 12.2. The molecule has 178 valence electrons. The van der Waals surface area contributed by atoms with Crippen molar-refractivity contribution in [1.82, 2.24) is 5.32 Å². The fourth-order valence-electron chi connectivity index (χ4n) is 3.63. The molecule has 4 aromatic carbocycles. The zero-order valence-electron chi connectivity index (χ0n) is 19.9. The minimum Gasteiger partial charge on any atom is -0.485 e. The SMILES string of the molecule is Cc1cccc(NC(=O)NCCc2ccc(OCc3ccccc3)c(OCc3ccccc3)c2)c1. The van der Waals surface area contributed by atoms with Gasteiger partial charge in [-0.05, 0) is 59.9 Å². The minimum atomic E-state index is -0.223. The summed E-state index contributed by atoms with van der Waals surface area (Å²) in [6, 6.07) is 33.5. The molecule has 0 atom stereocenters. The Morgan fingerprint density at radius 2 is 1.34 bits per heavy atom. The number of aryl methyl sites for hydroxylation is 1. The van der Waals surface area contributed by atoms with Crippen LogP contribution in [0.15, 0.2) is 103 Å². The van der Waals surface area contributed by atoms with E-state index in [2.05, 4.69) is 10.6 Å². The number of hydrogen-bond acceptors (Lipinski definition) is 3. The van der Waals surface area contributed by atoms with Crippen molar-refractivity contribution >= 4 is 11.7 Å². The van der Waals surface area contributed by atoms with Gasteiger partial charge in [-0.15, -0.1) is 0 Å². The Morgan fingerprint density at radius 3 is 2.00 bits per heavy atom. The van der Waals surface area contributed by atoms with Gasteiger partial charge in [0.05, 0.1) is 0 Å². The highest BCUT2D eigenvalue weighted by molar-refractivity contribution is 5.89. The molecule has 0 unspecified atom stereocenters. The van der Waals surface area contributed by atoms with E-state index >= 15 is 0 Å². The minimum absolute atomic E-state index is 0.223. The van der Waals surface area contributed by atoms with Gasteiger partial charge in [0.1, 0.15) is 13.2 Å². The van der Waals surface area contributed by atoms with Gasteiger partial charge < -0.3 is 20.1 Å². The molecule has 0 heterocycles. The lowest BCUT2D eigenvalue weighted by Gasteiger charge is -2.15. The Kier molecular flexibility index (Phi) is 8.38. The van der Waals surface area contributed by atoms with E-state index in [9.17, 15) is 4.79 Å². The summed E-state index contributed by atoms with van der Waals surface area (Å²) < 4.78 is 12.2. The van der Waals surface area contributed by atoms with Gasteiger partial charge in [-0.25, -0.2) is 4.79 Å². The van der Waals surface area contributed by atoms with Gasteiger partial charge in [0.2, 0.25) is 0 Å². The number of carbonyl (C=O) groups excluding carboxylic acids is 1. The third-order valence-corrected chi connectivity index (χ3v) is 5.46. The number of urea groups is 1. The monoisotopic (exact) mass is 466 g/mol. The normalized spacial score (nSPS) is 10.4. The molecule has 4 rings (SSSR count). The van der Waals surface area contributed by atoms with Gasteiger partial charge in [0, 0.05) is 12.2 Å². The largest absolute Gasteiger partial charge is 0.485 e. The second kappa shape index (κ2) is 12.3. The first-order valence-electron chi connectivity index (χ1n) is 11.7. The number of hydrogen-bond donors (Lipinski definition) is 2. The first-order chi connectivity index (χ1) is 17.2. The highest BCUT2D eigenvalue weighted by atomic mass is 16.5. The molecular weight excluding hydrogens is 436 g/mol. The molecule has 0 fully saturated rings. The first-order valence-corrected chi connectivity index (χ1v) is 11.7. The second-order valence-corrected chi connectivity index (χ2v) is 8.33. The van der Waals surface area contributed by atoms with Crippen LogP contribution in [-0.2, 0) is 19.6 Å². The molecule has 0 saturated carbocycles. The van der Waals surface area contributed by atoms with Crippen LogP contribution in [-0.4, -0.2) is 12.6 Å². The third kappa shape index (κ3) is 7.64. The van der Waals surface area contributed by atoms with Gasteiger partial charge >= 0.3 is 6.03 Å². The van der Waals surface area contributed by atoms with Gasteiger partial charge in [0.15, 0.2) is 11.5 Å². The molecular formula is C30H30N2O3. The van der Waals surface area contributed by atoms with E-state index in [4.69, 9.17) is 9.47 Å². The number of carbonyl (C=O) groups is 1. The predicted molar refractivity (Wildman–Crippen MR) is 140 cm³/mol. The summed E-state index contributed by atoms with van der Waals surface area (Å²) in [4.78, 5) is 12.2. The van der Waals surface area contributed by atoms with E-state index in [1.807, 2.05) is 110 Å². The van der Waals surface area contributed by atoms with Crippen molar-refractivity contribution in [3.05, 3.63) is 125 Å². The lowest BCUT2D eigenvalue weighted by Crippen LogP contribution is -2.30. The lowest BCUT2D eigenvalue weighted by atomic mass is 10.1. The Hall–Kier alpha value is -4.25. The lowest BCUT2D eigenvalue weighted by molar-refractivity contribution is 0.252. The Labute approximate surface area is 206 Å². The maximum Gasteiger partial charge on any atom is 0.319 e. The molecule has 0 radical (unpaired) electrons. The zero-order valence-corrected chi connectivity index (χ0v) is 19.9. The molecule has 2 amide bonds. The zero-order chi connectivity index (χ0) is 24.3. The molecule has 2 N–H and O–H groups in total. The van der Waals surface area contributed by atoms with Crippen molar-refractivity contribution in [3.8, 4) is 11.5 Å². The van der Waals surface area contributed by atoms with Crippen LogP contribution in [0.3, 0.4) is 0 Å². The quantitative estimate of drug-likeness (QED) is 0.280. The van der Waals surface area contributed by atoms with Gasteiger partial charge in [-0.3, -0.25) is 0 Å². The average molecular weight is 467 g/mol. The van der Waals surface area contributed by atoms with Gasteiger partial charge in [-0.1, -0.05) is 78.9 Å². The second-order valence-electron chi connectivity index (χ2n) is 8.33. The highest BCUT2D eigenvalue weighted by Gasteiger charge is 2.09. The highest BCUT2D eigenvalue weighted by Crippen LogP contribution is 2.30. The van der Waals surface area contributed by atoms with Crippen LogP contribution in [0.5, 0.6) is 11.5 Å². The fourth-order valence-corrected chi connectivity index (χ4v) is 3.63. The van der Waals surface area contributed by atoms with Crippen LogP contribution < -0.4 is 20.1 Å². The smallest absolute Gasteiger partial charge is 0.319 e. The number of amides is 2. The van der Waals surface area contributed by atoms with Gasteiger partial charge in [0.25, 0.3) is 0 Å². The summed E-state index contributed by atoms with van der Waals surface area (Å²) in [5.74, 6) is 1.38. The van der Waals surface area contributed by atoms with E-state index in [0.717, 1.165) is 27.9 Å². The van der Waals surface area contributed by atoms with Crippen molar-refractivity contribution in [2.24, 2.45) is 0 Å². The van der Waals surface area contributed by atoms with Crippen LogP contribution in [0.4, 0.5) is 10.5 Å².